The predicted molar refractivity (Wildman–Crippen MR) is 118 cm³/mol. The molecule has 0 bridgehead atoms. The second kappa shape index (κ2) is 9.36. The molecule has 0 saturated heterocycles. The van der Waals surface area contributed by atoms with Gasteiger partial charge < -0.3 is 14.5 Å². The van der Waals surface area contributed by atoms with E-state index in [-0.39, 0.29) is 24.7 Å². The molecule has 0 aliphatic heterocycles. The van der Waals surface area contributed by atoms with Crippen molar-refractivity contribution in [2.75, 3.05) is 5.32 Å². The predicted octanol–water partition coefficient (Wildman–Crippen LogP) is 5.91. The van der Waals surface area contributed by atoms with Gasteiger partial charge in [0.2, 0.25) is 0 Å². The van der Waals surface area contributed by atoms with Crippen molar-refractivity contribution in [2.45, 2.75) is 13.2 Å². The number of furan rings is 1. The fourth-order valence-electron chi connectivity index (χ4n) is 2.83. The molecule has 4 aromatic rings. The van der Waals surface area contributed by atoms with E-state index in [0.717, 1.165) is 4.47 Å². The number of aromatic nitrogens is 2. The summed E-state index contributed by atoms with van der Waals surface area (Å²) < 4.78 is 27.4. The van der Waals surface area contributed by atoms with Gasteiger partial charge in [-0.05, 0) is 36.4 Å². The first-order valence-electron chi connectivity index (χ1n) is 9.22. The minimum Gasteiger partial charge on any atom is -0.484 e. The monoisotopic (exact) mass is 503 g/mol. The molecule has 0 radical (unpaired) electrons. The molecular formula is C22H16BrClFN3O3. The number of benzene rings is 2. The molecule has 2 heterocycles. The number of rotatable bonds is 7. The zero-order valence-corrected chi connectivity index (χ0v) is 18.4. The normalized spacial score (nSPS) is 10.8. The largest absolute Gasteiger partial charge is 0.484 e. The Bertz CT molecular complexity index is 1220. The molecule has 4 rings (SSSR count). The number of amides is 1. The van der Waals surface area contributed by atoms with Crippen molar-refractivity contribution in [1.82, 2.24) is 9.78 Å². The molecule has 0 aliphatic rings. The number of nitrogens with zero attached hydrogens (tertiary/aromatic N) is 2. The Morgan fingerprint density at radius 3 is 2.87 bits per heavy atom. The summed E-state index contributed by atoms with van der Waals surface area (Å²) in [6.07, 6.45) is 3.11. The van der Waals surface area contributed by atoms with Crippen LogP contribution in [0.2, 0.25) is 5.02 Å². The Morgan fingerprint density at radius 1 is 1.23 bits per heavy atom. The summed E-state index contributed by atoms with van der Waals surface area (Å²) in [6.45, 7) is 0.374. The Kier molecular flexibility index (Phi) is 6.39. The van der Waals surface area contributed by atoms with Crippen molar-refractivity contribution in [1.29, 1.82) is 0 Å². The Labute approximate surface area is 190 Å². The van der Waals surface area contributed by atoms with Crippen LogP contribution in [0.15, 0.2) is 75.9 Å². The van der Waals surface area contributed by atoms with Crippen LogP contribution in [-0.4, -0.2) is 15.7 Å². The lowest BCUT2D eigenvalue weighted by Crippen LogP contribution is -2.10. The molecule has 31 heavy (non-hydrogen) atoms. The second-order valence-electron chi connectivity index (χ2n) is 6.60. The van der Waals surface area contributed by atoms with Gasteiger partial charge in [0.15, 0.2) is 5.76 Å². The standard InChI is InChI=1S/C22H16BrClFN3O3/c23-15-5-7-20(18(24)9-15)30-13-17-6-8-21(31-17)22(29)27-16-10-26-28(12-16)11-14-3-1-2-4-19(14)25/h1-10,12H,11,13H2,(H,27,29). The van der Waals surface area contributed by atoms with Gasteiger partial charge in [-0.3, -0.25) is 9.48 Å². The zero-order chi connectivity index (χ0) is 21.8. The molecule has 158 valence electrons. The summed E-state index contributed by atoms with van der Waals surface area (Å²) in [4.78, 5) is 12.4. The Morgan fingerprint density at radius 2 is 2.06 bits per heavy atom. The summed E-state index contributed by atoms with van der Waals surface area (Å²) in [5.74, 6) is 0.369. The molecule has 2 aromatic heterocycles. The molecule has 0 saturated carbocycles. The summed E-state index contributed by atoms with van der Waals surface area (Å²) in [5.41, 5.74) is 0.974. The molecule has 2 aromatic carbocycles. The van der Waals surface area contributed by atoms with Gasteiger partial charge in [-0.2, -0.15) is 5.10 Å². The van der Waals surface area contributed by atoms with Crippen molar-refractivity contribution in [3.63, 3.8) is 0 Å². The van der Waals surface area contributed by atoms with Crippen molar-refractivity contribution < 1.29 is 18.3 Å². The van der Waals surface area contributed by atoms with Gasteiger partial charge >= 0.3 is 0 Å². The van der Waals surface area contributed by atoms with Crippen LogP contribution < -0.4 is 10.1 Å². The van der Waals surface area contributed by atoms with E-state index in [0.29, 0.717) is 27.8 Å². The van der Waals surface area contributed by atoms with Gasteiger partial charge in [0.05, 0.1) is 23.5 Å². The van der Waals surface area contributed by atoms with Gasteiger partial charge in [0.1, 0.15) is 23.9 Å². The van der Waals surface area contributed by atoms with Crippen molar-refractivity contribution in [2.24, 2.45) is 0 Å². The average Bonchev–Trinajstić information content (AvgIpc) is 3.39. The average molecular weight is 505 g/mol. The van der Waals surface area contributed by atoms with Crippen LogP contribution >= 0.6 is 27.5 Å². The first-order chi connectivity index (χ1) is 15.0. The molecule has 0 unspecified atom stereocenters. The summed E-state index contributed by atoms with van der Waals surface area (Å²) in [5, 5.41) is 7.32. The second-order valence-corrected chi connectivity index (χ2v) is 7.92. The minimum absolute atomic E-state index is 0.120. The summed E-state index contributed by atoms with van der Waals surface area (Å²) >= 11 is 9.46. The maximum Gasteiger partial charge on any atom is 0.291 e. The van der Waals surface area contributed by atoms with Crippen LogP contribution in [0.4, 0.5) is 10.1 Å². The van der Waals surface area contributed by atoms with Crippen LogP contribution in [0, 0.1) is 5.82 Å². The van der Waals surface area contributed by atoms with Crippen LogP contribution in [0.5, 0.6) is 5.75 Å². The van der Waals surface area contributed by atoms with E-state index in [4.69, 9.17) is 20.8 Å². The van der Waals surface area contributed by atoms with Crippen LogP contribution in [-0.2, 0) is 13.2 Å². The number of nitrogens with one attached hydrogen (secondary N) is 1. The van der Waals surface area contributed by atoms with Crippen LogP contribution in [0.1, 0.15) is 21.9 Å². The van der Waals surface area contributed by atoms with Crippen molar-refractivity contribution in [3.8, 4) is 5.75 Å². The number of carbonyl (C=O) groups is 1. The molecule has 1 amide bonds. The first kappa shape index (κ1) is 21.1. The van der Waals surface area contributed by atoms with E-state index in [1.807, 2.05) is 6.07 Å². The maximum absolute atomic E-state index is 13.8. The first-order valence-corrected chi connectivity index (χ1v) is 10.4. The smallest absolute Gasteiger partial charge is 0.291 e. The number of hydrogen-bond donors (Lipinski definition) is 1. The molecule has 0 atom stereocenters. The number of carbonyl (C=O) groups excluding carboxylic acids is 1. The van der Waals surface area contributed by atoms with E-state index >= 15 is 0 Å². The SMILES string of the molecule is O=C(Nc1cnn(Cc2ccccc2F)c1)c1ccc(COc2ccc(Br)cc2Cl)o1. The maximum atomic E-state index is 13.8. The molecular weight excluding hydrogens is 489 g/mol. The van der Waals surface area contributed by atoms with E-state index < -0.39 is 5.91 Å². The number of hydrogen-bond acceptors (Lipinski definition) is 4. The Hall–Kier alpha value is -3.10. The highest BCUT2D eigenvalue weighted by molar-refractivity contribution is 9.10. The van der Waals surface area contributed by atoms with Crippen molar-refractivity contribution >= 4 is 39.1 Å². The third-order valence-electron chi connectivity index (χ3n) is 4.33. The van der Waals surface area contributed by atoms with Gasteiger partial charge in [-0.15, -0.1) is 0 Å². The highest BCUT2D eigenvalue weighted by Gasteiger charge is 2.14. The highest BCUT2D eigenvalue weighted by Crippen LogP contribution is 2.28. The van der Waals surface area contributed by atoms with E-state index in [2.05, 4.69) is 26.3 Å². The molecule has 1 N–H and O–H groups in total. The minimum atomic E-state index is -0.432. The molecule has 0 aliphatic carbocycles. The number of anilines is 1. The molecule has 9 heteroatoms. The van der Waals surface area contributed by atoms with E-state index in [9.17, 15) is 9.18 Å². The van der Waals surface area contributed by atoms with Gasteiger partial charge in [-0.1, -0.05) is 45.7 Å². The number of ether oxygens (including phenoxy) is 1. The topological polar surface area (TPSA) is 69.3 Å². The van der Waals surface area contributed by atoms with Gasteiger partial charge in [0, 0.05) is 16.2 Å². The quantitative estimate of drug-likeness (QED) is 0.340. The van der Waals surface area contributed by atoms with E-state index in [1.54, 1.807) is 48.7 Å². The van der Waals surface area contributed by atoms with Crippen LogP contribution in [0.3, 0.4) is 0 Å². The van der Waals surface area contributed by atoms with Crippen LogP contribution in [0.25, 0.3) is 0 Å². The lowest BCUT2D eigenvalue weighted by molar-refractivity contribution is 0.0992. The highest BCUT2D eigenvalue weighted by atomic mass is 79.9. The molecule has 0 spiro atoms. The Balaban J connectivity index is 1.35. The zero-order valence-electron chi connectivity index (χ0n) is 16.0. The number of halogens is 3. The molecule has 6 nitrogen and oxygen atoms in total. The van der Waals surface area contributed by atoms with Gasteiger partial charge in [-0.25, -0.2) is 4.39 Å². The van der Waals surface area contributed by atoms with Gasteiger partial charge in [0.25, 0.3) is 5.91 Å². The third-order valence-corrected chi connectivity index (χ3v) is 5.12. The van der Waals surface area contributed by atoms with Crippen molar-refractivity contribution in [3.05, 3.63) is 99.4 Å². The third kappa shape index (κ3) is 5.34. The van der Waals surface area contributed by atoms with E-state index in [1.165, 1.54) is 16.9 Å². The lowest BCUT2D eigenvalue weighted by atomic mass is 10.2. The summed E-state index contributed by atoms with van der Waals surface area (Å²) in [6, 6.07) is 15.0. The fraction of sp³-hybridized carbons (Fsp3) is 0.0909. The lowest BCUT2D eigenvalue weighted by Gasteiger charge is -2.06. The summed E-state index contributed by atoms with van der Waals surface area (Å²) in [7, 11) is 0. The molecule has 0 fully saturated rings. The fourth-order valence-corrected chi connectivity index (χ4v) is 3.56.